The summed E-state index contributed by atoms with van der Waals surface area (Å²) in [7, 11) is 0. The van der Waals surface area contributed by atoms with Gasteiger partial charge in [-0.2, -0.15) is 0 Å². The minimum absolute atomic E-state index is 0.168. The molecule has 16 rings (SSSR count). The van der Waals surface area contributed by atoms with Crippen LogP contribution in [0.1, 0.15) is 11.1 Å². The molecule has 73 heavy (non-hydrogen) atoms. The molecule has 0 bridgehead atoms. The Labute approximate surface area is 431 Å². The molecule has 10 nitrogen and oxygen atoms in total. The third-order valence-electron chi connectivity index (χ3n) is 14.9. The molecule has 0 saturated carbocycles. The maximum atomic E-state index is 14.6. The number of amidine groups is 1. The van der Waals surface area contributed by atoms with Gasteiger partial charge in [-0.05, 0) is 12.2 Å². The molecule has 12 heteroatoms. The van der Waals surface area contributed by atoms with E-state index in [9.17, 15) is 10.2 Å². The van der Waals surface area contributed by atoms with E-state index in [0.29, 0.717) is 17.1 Å². The van der Waals surface area contributed by atoms with Crippen LogP contribution < -0.4 is 53.8 Å². The first-order chi connectivity index (χ1) is 36.0. The molecule has 8 aliphatic rings. The van der Waals surface area contributed by atoms with Crippen molar-refractivity contribution in [1.82, 2.24) is 5.32 Å². The normalized spacial score (nSPS) is 19.3. The maximum absolute atomic E-state index is 14.6. The van der Waals surface area contributed by atoms with Gasteiger partial charge in [0, 0.05) is 17.4 Å². The van der Waals surface area contributed by atoms with Crippen LogP contribution in [0.5, 0.6) is 0 Å². The standard InChI is InChI=1S/C61H38N8O2Se2/c70-57-55(58(71)56(57)36-27-30-42-53-33(36)13-10-16-39(53)64-60(66-42)68-44-18-1-5-22-48(44)72-49-23-6-2-19-45(49)68)35-26-29-41-52-32(35)12-9-15-38(52)62-59(63-41)37-28-31-43-54-34(37)14-11-17-40(54)65-61(67-43)69-46-20-3-7-24-50(46)73-51-25-8-4-21-47(51)69/h1-32,35,70-71H,(H,62,63)(H,64,66)(H,65,67)/p-2. The predicted molar refractivity (Wildman–Crippen MR) is 293 cm³/mol. The number of nitrogens with zero attached hydrogens (tertiary/aromatic N) is 5. The second-order valence-corrected chi connectivity index (χ2v) is 23.3. The Morgan fingerprint density at radius 3 is 1.52 bits per heavy atom. The Hall–Kier alpha value is -8.63. The van der Waals surface area contributed by atoms with Crippen LogP contribution in [0.4, 0.5) is 45.5 Å². The first kappa shape index (κ1) is 41.0. The summed E-state index contributed by atoms with van der Waals surface area (Å²) in [6.07, 6.45) is 10.2. The summed E-state index contributed by atoms with van der Waals surface area (Å²) in [5.74, 6) is 1.08. The van der Waals surface area contributed by atoms with Crippen molar-refractivity contribution in [2.75, 3.05) is 20.4 Å². The van der Waals surface area contributed by atoms with Crippen molar-refractivity contribution in [3.8, 4) is 0 Å². The van der Waals surface area contributed by atoms with E-state index < -0.39 is 5.92 Å². The van der Waals surface area contributed by atoms with Gasteiger partial charge >= 0.3 is 386 Å². The van der Waals surface area contributed by atoms with E-state index in [1.165, 1.54) is 17.8 Å². The topological polar surface area (TPSA) is 126 Å². The van der Waals surface area contributed by atoms with Crippen LogP contribution in [0.3, 0.4) is 0 Å². The molecule has 0 amide bonds. The van der Waals surface area contributed by atoms with Crippen molar-refractivity contribution in [3.63, 3.8) is 0 Å². The van der Waals surface area contributed by atoms with E-state index in [-0.39, 0.29) is 52.9 Å². The van der Waals surface area contributed by atoms with Gasteiger partial charge < -0.3 is 0 Å². The van der Waals surface area contributed by atoms with Crippen LogP contribution in [-0.4, -0.2) is 47.7 Å². The molecule has 5 aliphatic heterocycles. The molecule has 2 unspecified atom stereocenters. The second-order valence-electron chi connectivity index (χ2n) is 18.8. The quantitative estimate of drug-likeness (QED) is 0.155. The van der Waals surface area contributed by atoms with E-state index in [2.05, 4.69) is 165 Å². The molecule has 5 heterocycles. The van der Waals surface area contributed by atoms with Crippen molar-refractivity contribution in [2.45, 2.75) is 0 Å². The molecular weight excluding hydrogens is 1030 g/mol. The van der Waals surface area contributed by atoms with E-state index in [1.54, 1.807) is 0 Å². The van der Waals surface area contributed by atoms with Crippen molar-refractivity contribution in [3.05, 3.63) is 233 Å². The Bertz CT molecular complexity index is 4110. The van der Waals surface area contributed by atoms with Crippen LogP contribution in [0, 0.1) is 11.8 Å². The van der Waals surface area contributed by atoms with Crippen LogP contribution in [0.25, 0.3) is 27.1 Å². The molecule has 0 aromatic heterocycles. The molecule has 0 spiro atoms. The summed E-state index contributed by atoms with van der Waals surface area (Å²) in [5, 5.41) is 43.9. The average molecular weight is 1070 g/mol. The zero-order valence-corrected chi connectivity index (χ0v) is 41.8. The number of hydrogen-bond acceptors (Lipinski definition) is 10. The zero-order chi connectivity index (χ0) is 48.1. The van der Waals surface area contributed by atoms with Gasteiger partial charge in [0.15, 0.2) is 0 Å². The van der Waals surface area contributed by atoms with Gasteiger partial charge in [0.2, 0.25) is 0 Å². The van der Waals surface area contributed by atoms with Crippen LogP contribution in [-0.2, 0) is 0 Å². The molecule has 3 aliphatic carbocycles. The molecule has 0 radical (unpaired) electrons. The summed E-state index contributed by atoms with van der Waals surface area (Å²) in [6.45, 7) is 0. The van der Waals surface area contributed by atoms with Gasteiger partial charge in [-0.15, -0.1) is 0 Å². The summed E-state index contributed by atoms with van der Waals surface area (Å²) < 4.78 is 5.21. The number of anilines is 6. The average Bonchev–Trinajstić information content (AvgIpc) is 3.43. The molecule has 8 aromatic rings. The second kappa shape index (κ2) is 15.4. The Kier molecular flexibility index (Phi) is 8.68. The first-order valence-corrected chi connectivity index (χ1v) is 27.6. The van der Waals surface area contributed by atoms with Gasteiger partial charge in [0.25, 0.3) is 0 Å². The molecular formula is C61H36N8O2Se2-2. The SMILES string of the molecule is [O-]C1=C(c2ccc3c4c(cccc24)N=C(N2c4ccccc4[Se]c4ccccc42)N3)C([O-])=C1C1C=CC2=C3C(=CC=CC31)NC(c1ccc3c4c(cccc14)N=C(N1c4ccccc4[Se]c4ccccc41)N3)=N2. The van der Waals surface area contributed by atoms with Crippen LogP contribution in [0.2, 0.25) is 0 Å². The third kappa shape index (κ3) is 5.94. The van der Waals surface area contributed by atoms with Crippen molar-refractivity contribution in [1.29, 1.82) is 0 Å². The third-order valence-corrected chi connectivity index (χ3v) is 19.6. The van der Waals surface area contributed by atoms with E-state index in [0.717, 1.165) is 101 Å². The number of aliphatic imine (C=N–C) groups is 3. The number of rotatable bonds is 3. The molecule has 346 valence electrons. The number of benzene rings is 8. The molecule has 0 saturated heterocycles. The minimum atomic E-state index is -0.440. The van der Waals surface area contributed by atoms with Crippen LogP contribution >= 0.6 is 0 Å². The van der Waals surface area contributed by atoms with E-state index in [1.807, 2.05) is 48.6 Å². The summed E-state index contributed by atoms with van der Waals surface area (Å²) >= 11 is 0.359. The fourth-order valence-corrected chi connectivity index (χ4v) is 16.1. The predicted octanol–water partition coefficient (Wildman–Crippen LogP) is 7.69. The Morgan fingerprint density at radius 2 is 0.973 bits per heavy atom. The van der Waals surface area contributed by atoms with Gasteiger partial charge in [0.1, 0.15) is 0 Å². The van der Waals surface area contributed by atoms with E-state index in [4.69, 9.17) is 15.0 Å². The van der Waals surface area contributed by atoms with Crippen molar-refractivity contribution >= 4 is 138 Å². The molecule has 8 aromatic carbocycles. The summed E-state index contributed by atoms with van der Waals surface area (Å²) in [6, 6.07) is 54.6. The fourth-order valence-electron chi connectivity index (χ4n) is 11.7. The number of para-hydroxylation sites is 4. The molecule has 2 atom stereocenters. The zero-order valence-electron chi connectivity index (χ0n) is 38.4. The van der Waals surface area contributed by atoms with Gasteiger partial charge in [-0.3, -0.25) is 0 Å². The number of guanidine groups is 2. The Morgan fingerprint density at radius 1 is 0.466 bits per heavy atom. The Balaban J connectivity index is 0.714. The fraction of sp³-hybridized carbons (Fsp3) is 0.0328. The van der Waals surface area contributed by atoms with Gasteiger partial charge in [-0.25, -0.2) is 0 Å². The number of nitrogens with one attached hydrogen (secondary N) is 3. The van der Waals surface area contributed by atoms with Crippen molar-refractivity contribution < 1.29 is 10.2 Å². The summed E-state index contributed by atoms with van der Waals surface area (Å²) in [5.41, 5.74) is 12.8. The molecule has 3 N–H and O–H groups in total. The van der Waals surface area contributed by atoms with Gasteiger partial charge in [-0.1, -0.05) is 18.2 Å². The number of hydrogen-bond donors (Lipinski definition) is 3. The van der Waals surface area contributed by atoms with E-state index >= 15 is 0 Å². The molecule has 0 fully saturated rings. The number of allylic oxidation sites excluding steroid dienone is 8. The monoisotopic (exact) mass is 1070 g/mol. The van der Waals surface area contributed by atoms with Crippen molar-refractivity contribution in [2.24, 2.45) is 26.8 Å². The van der Waals surface area contributed by atoms with Gasteiger partial charge in [0.05, 0.1) is 0 Å². The van der Waals surface area contributed by atoms with Crippen LogP contribution in [0.15, 0.2) is 237 Å². The number of fused-ring (bicyclic) bond motifs is 4. The summed E-state index contributed by atoms with van der Waals surface area (Å²) in [4.78, 5) is 20.2. The first-order valence-electron chi connectivity index (χ1n) is 24.2.